The Morgan fingerprint density at radius 2 is 1.55 bits per heavy atom. The Labute approximate surface area is 199 Å². The van der Waals surface area contributed by atoms with Crippen LogP contribution in [0.25, 0.3) is 11.0 Å². The minimum absolute atomic E-state index is 0.513. The van der Waals surface area contributed by atoms with Crippen LogP contribution >= 0.6 is 0 Å². The fourth-order valence-electron chi connectivity index (χ4n) is 6.61. The molecule has 33 heavy (non-hydrogen) atoms. The molecule has 1 aromatic carbocycles. The second-order valence-corrected chi connectivity index (χ2v) is 11.0. The van der Waals surface area contributed by atoms with Crippen molar-refractivity contribution in [2.45, 2.75) is 76.5 Å². The number of Topliss-reactive ketones (excluding diaryl/α,β-unsaturated/α-hetero) is 1. The molecule has 2 aliphatic heterocycles. The molecule has 3 aliphatic rings. The van der Waals surface area contributed by atoms with E-state index in [1.165, 1.54) is 75.5 Å². The molecule has 3 heterocycles. The lowest BCUT2D eigenvalue weighted by Gasteiger charge is -2.34. The monoisotopic (exact) mass is 451 g/mol. The summed E-state index contributed by atoms with van der Waals surface area (Å²) >= 11 is 0. The number of benzene rings is 1. The van der Waals surface area contributed by atoms with Crippen LogP contribution in [-0.4, -0.2) is 43.5 Å². The number of furan rings is 1. The summed E-state index contributed by atoms with van der Waals surface area (Å²) in [5, 5.41) is 1.30. The Balaban J connectivity index is 0.989. The topological polar surface area (TPSA) is 42.7 Å². The Kier molecular flexibility index (Phi) is 7.83. The molecule has 1 aromatic heterocycles. The van der Waals surface area contributed by atoms with Crippen LogP contribution in [0.5, 0.6) is 0 Å². The fourth-order valence-corrected chi connectivity index (χ4v) is 6.61. The Bertz CT molecular complexity index is 883. The zero-order chi connectivity index (χ0) is 22.5. The number of carbonyl (C=O) groups is 1. The van der Waals surface area contributed by atoms with Gasteiger partial charge in [0.05, 0.1) is 6.26 Å². The SMILES string of the molecule is O=C(CC1CCOCC1)CC1CCC(CCN2CCC(c3cccc4occc34)CC2)CC1. The van der Waals surface area contributed by atoms with E-state index in [9.17, 15) is 4.79 Å². The van der Waals surface area contributed by atoms with Crippen LogP contribution in [0, 0.1) is 17.8 Å². The predicted molar refractivity (Wildman–Crippen MR) is 132 cm³/mol. The van der Waals surface area contributed by atoms with Gasteiger partial charge in [-0.3, -0.25) is 4.79 Å². The number of hydrogen-bond acceptors (Lipinski definition) is 4. The molecule has 0 bridgehead atoms. The van der Waals surface area contributed by atoms with Crippen molar-refractivity contribution >= 4 is 16.8 Å². The van der Waals surface area contributed by atoms with Gasteiger partial charge in [-0.1, -0.05) is 25.0 Å². The summed E-state index contributed by atoms with van der Waals surface area (Å²) in [6.45, 7) is 5.38. The normalized spacial score (nSPS) is 26.1. The number of nitrogens with zero attached hydrogens (tertiary/aromatic N) is 1. The predicted octanol–water partition coefficient (Wildman–Crippen LogP) is 6.58. The Morgan fingerprint density at radius 3 is 2.30 bits per heavy atom. The van der Waals surface area contributed by atoms with Gasteiger partial charge in [0.1, 0.15) is 11.4 Å². The molecular weight excluding hydrogens is 410 g/mol. The van der Waals surface area contributed by atoms with Crippen LogP contribution < -0.4 is 0 Å². The minimum Gasteiger partial charge on any atom is -0.464 e. The zero-order valence-electron chi connectivity index (χ0n) is 20.2. The maximum absolute atomic E-state index is 12.5. The van der Waals surface area contributed by atoms with Gasteiger partial charge in [0.25, 0.3) is 0 Å². The molecule has 4 nitrogen and oxygen atoms in total. The van der Waals surface area contributed by atoms with Crippen LogP contribution in [0.1, 0.15) is 82.1 Å². The third-order valence-corrected chi connectivity index (χ3v) is 8.75. The molecule has 0 unspecified atom stereocenters. The summed E-state index contributed by atoms with van der Waals surface area (Å²) < 4.78 is 11.0. The van der Waals surface area contributed by atoms with Gasteiger partial charge in [-0.25, -0.2) is 0 Å². The molecule has 2 saturated heterocycles. The first-order chi connectivity index (χ1) is 16.2. The summed E-state index contributed by atoms with van der Waals surface area (Å²) in [4.78, 5) is 15.2. The highest BCUT2D eigenvalue weighted by Gasteiger charge is 2.27. The molecule has 1 saturated carbocycles. The van der Waals surface area contributed by atoms with E-state index in [0.717, 1.165) is 50.4 Å². The van der Waals surface area contributed by atoms with Gasteiger partial charge in [0.15, 0.2) is 0 Å². The van der Waals surface area contributed by atoms with E-state index >= 15 is 0 Å². The zero-order valence-corrected chi connectivity index (χ0v) is 20.2. The fraction of sp³-hybridized carbons (Fsp3) is 0.690. The number of piperidine rings is 1. The number of rotatable bonds is 8. The van der Waals surface area contributed by atoms with Crippen molar-refractivity contribution in [3.8, 4) is 0 Å². The quantitative estimate of drug-likeness (QED) is 0.454. The lowest BCUT2D eigenvalue weighted by Crippen LogP contribution is -2.34. The molecule has 2 aromatic rings. The molecule has 0 atom stereocenters. The van der Waals surface area contributed by atoms with Crippen molar-refractivity contribution in [3.63, 3.8) is 0 Å². The molecule has 0 N–H and O–H groups in total. The van der Waals surface area contributed by atoms with Crippen LogP contribution in [0.15, 0.2) is 34.9 Å². The molecule has 1 aliphatic carbocycles. The van der Waals surface area contributed by atoms with Crippen molar-refractivity contribution in [1.29, 1.82) is 0 Å². The van der Waals surface area contributed by atoms with Crippen LogP contribution in [-0.2, 0) is 9.53 Å². The molecule has 4 heteroatoms. The van der Waals surface area contributed by atoms with E-state index in [2.05, 4.69) is 29.2 Å². The number of fused-ring (bicyclic) bond motifs is 1. The minimum atomic E-state index is 0.513. The smallest absolute Gasteiger partial charge is 0.134 e. The van der Waals surface area contributed by atoms with Crippen LogP contribution in [0.2, 0.25) is 0 Å². The van der Waals surface area contributed by atoms with E-state index in [1.54, 1.807) is 0 Å². The highest BCUT2D eigenvalue weighted by atomic mass is 16.5. The summed E-state index contributed by atoms with van der Waals surface area (Å²) in [6.07, 6.45) is 14.6. The Hall–Kier alpha value is -1.65. The third kappa shape index (κ3) is 6.08. The second-order valence-electron chi connectivity index (χ2n) is 11.0. The average molecular weight is 452 g/mol. The van der Waals surface area contributed by atoms with Crippen LogP contribution in [0.3, 0.4) is 0 Å². The van der Waals surface area contributed by atoms with Crippen molar-refractivity contribution in [1.82, 2.24) is 4.90 Å². The van der Waals surface area contributed by atoms with E-state index in [4.69, 9.17) is 9.15 Å². The van der Waals surface area contributed by atoms with Crippen molar-refractivity contribution in [2.75, 3.05) is 32.8 Å². The molecule has 5 rings (SSSR count). The number of ether oxygens (including phenoxy) is 1. The highest BCUT2D eigenvalue weighted by Crippen LogP contribution is 2.36. The maximum Gasteiger partial charge on any atom is 0.134 e. The third-order valence-electron chi connectivity index (χ3n) is 8.75. The number of carbonyl (C=O) groups excluding carboxylic acids is 1. The first kappa shape index (κ1) is 23.1. The van der Waals surface area contributed by atoms with Gasteiger partial charge < -0.3 is 14.1 Å². The average Bonchev–Trinajstić information content (AvgIpc) is 3.34. The number of likely N-dealkylation sites (tertiary alicyclic amines) is 1. The van der Waals surface area contributed by atoms with Crippen molar-refractivity contribution < 1.29 is 13.9 Å². The first-order valence-electron chi connectivity index (χ1n) is 13.5. The first-order valence-corrected chi connectivity index (χ1v) is 13.5. The standard InChI is InChI=1S/C29H41NO3/c31-26(21-24-11-17-32-18-12-24)20-23-6-4-22(5-7-23)8-14-30-15-9-25(10-16-30)27-2-1-3-29-28(27)13-19-33-29/h1-3,13,19,22-25H,4-12,14-18,20-21H2. The second kappa shape index (κ2) is 11.2. The van der Waals surface area contributed by atoms with Crippen molar-refractivity contribution in [3.05, 3.63) is 36.1 Å². The number of hydrogen-bond donors (Lipinski definition) is 0. The summed E-state index contributed by atoms with van der Waals surface area (Å²) in [7, 11) is 0. The van der Waals surface area contributed by atoms with Crippen molar-refractivity contribution in [2.24, 2.45) is 17.8 Å². The van der Waals surface area contributed by atoms with Gasteiger partial charge in [-0.05, 0) is 106 Å². The Morgan fingerprint density at radius 1 is 0.848 bits per heavy atom. The molecule has 3 fully saturated rings. The molecular formula is C29H41NO3. The van der Waals surface area contributed by atoms with E-state index in [0.29, 0.717) is 23.5 Å². The molecule has 180 valence electrons. The molecule has 0 radical (unpaired) electrons. The van der Waals surface area contributed by atoms with Gasteiger partial charge >= 0.3 is 0 Å². The van der Waals surface area contributed by atoms with Gasteiger partial charge in [-0.2, -0.15) is 0 Å². The van der Waals surface area contributed by atoms with Crippen LogP contribution in [0.4, 0.5) is 0 Å². The highest BCUT2D eigenvalue weighted by molar-refractivity contribution is 5.81. The van der Waals surface area contributed by atoms with E-state index in [1.807, 2.05) is 6.26 Å². The maximum atomic E-state index is 12.5. The lowest BCUT2D eigenvalue weighted by atomic mass is 9.77. The number of ketones is 1. The van der Waals surface area contributed by atoms with Gasteiger partial charge in [0, 0.05) is 31.4 Å². The van der Waals surface area contributed by atoms with Gasteiger partial charge in [-0.15, -0.1) is 0 Å². The summed E-state index contributed by atoms with van der Waals surface area (Å²) in [6, 6.07) is 8.64. The van der Waals surface area contributed by atoms with Gasteiger partial charge in [0.2, 0.25) is 0 Å². The largest absolute Gasteiger partial charge is 0.464 e. The molecule has 0 spiro atoms. The van der Waals surface area contributed by atoms with E-state index in [-0.39, 0.29) is 0 Å². The molecule has 0 amide bonds. The van der Waals surface area contributed by atoms with E-state index < -0.39 is 0 Å². The summed E-state index contributed by atoms with van der Waals surface area (Å²) in [5.74, 6) is 3.27. The lowest BCUT2D eigenvalue weighted by molar-refractivity contribution is -0.121. The summed E-state index contributed by atoms with van der Waals surface area (Å²) in [5.41, 5.74) is 2.50.